The summed E-state index contributed by atoms with van der Waals surface area (Å²) in [4.78, 5) is 14.0. The molecule has 0 aromatic heterocycles. The van der Waals surface area contributed by atoms with Gasteiger partial charge in [-0.1, -0.05) is 6.07 Å². The van der Waals surface area contributed by atoms with Crippen molar-refractivity contribution in [2.24, 2.45) is 5.14 Å². The average molecular weight is 369 g/mol. The lowest BCUT2D eigenvalue weighted by Gasteiger charge is -2.26. The third-order valence-corrected chi connectivity index (χ3v) is 4.82. The van der Waals surface area contributed by atoms with Crippen LogP contribution >= 0.6 is 0 Å². The fourth-order valence-electron chi connectivity index (χ4n) is 2.75. The molecule has 0 aliphatic carbocycles. The van der Waals surface area contributed by atoms with E-state index in [0.29, 0.717) is 18.8 Å². The van der Waals surface area contributed by atoms with Gasteiger partial charge in [0.15, 0.2) is 0 Å². The first-order valence-electron chi connectivity index (χ1n) is 8.42. The fraction of sp³-hybridized carbons (Fsp3) is 0.588. The van der Waals surface area contributed by atoms with Crippen molar-refractivity contribution in [2.45, 2.75) is 56.6 Å². The lowest BCUT2D eigenvalue weighted by atomic mass is 10.1. The first kappa shape index (κ1) is 19.5. The Balaban J connectivity index is 1.97. The SMILES string of the molecule is CC(C)(C)OC(=O)N1CCCC(Nc2cccc(S(N)(=O)=O)c2)CC1. The number of hydrogen-bond acceptors (Lipinski definition) is 5. The molecular formula is C17H27N3O4S. The van der Waals surface area contributed by atoms with E-state index in [4.69, 9.17) is 9.88 Å². The molecule has 1 aromatic carbocycles. The molecular weight excluding hydrogens is 342 g/mol. The van der Waals surface area contributed by atoms with Crippen molar-refractivity contribution in [2.75, 3.05) is 18.4 Å². The Morgan fingerprint density at radius 3 is 2.64 bits per heavy atom. The van der Waals surface area contributed by atoms with Gasteiger partial charge in [-0.05, 0) is 58.2 Å². The summed E-state index contributed by atoms with van der Waals surface area (Å²) in [6, 6.07) is 6.63. The fourth-order valence-corrected chi connectivity index (χ4v) is 3.31. The molecule has 1 aliphatic heterocycles. The van der Waals surface area contributed by atoms with Gasteiger partial charge in [-0.15, -0.1) is 0 Å². The first-order valence-corrected chi connectivity index (χ1v) is 9.96. The number of nitrogens with one attached hydrogen (secondary N) is 1. The summed E-state index contributed by atoms with van der Waals surface area (Å²) >= 11 is 0. The number of benzene rings is 1. The molecule has 1 aromatic rings. The van der Waals surface area contributed by atoms with Crippen LogP contribution in [0.1, 0.15) is 40.0 Å². The number of ether oxygens (including phenoxy) is 1. The smallest absolute Gasteiger partial charge is 0.410 e. The highest BCUT2D eigenvalue weighted by molar-refractivity contribution is 7.89. The van der Waals surface area contributed by atoms with Crippen LogP contribution in [0.15, 0.2) is 29.2 Å². The van der Waals surface area contributed by atoms with Gasteiger partial charge in [0.25, 0.3) is 0 Å². The van der Waals surface area contributed by atoms with E-state index in [-0.39, 0.29) is 17.0 Å². The van der Waals surface area contributed by atoms with Gasteiger partial charge in [0.2, 0.25) is 10.0 Å². The van der Waals surface area contributed by atoms with E-state index >= 15 is 0 Å². The van der Waals surface area contributed by atoms with E-state index in [2.05, 4.69) is 5.32 Å². The third kappa shape index (κ3) is 6.21. The second-order valence-electron chi connectivity index (χ2n) is 7.31. The molecule has 1 fully saturated rings. The minimum absolute atomic E-state index is 0.0847. The molecule has 0 spiro atoms. The quantitative estimate of drug-likeness (QED) is 0.852. The number of primary sulfonamides is 1. The largest absolute Gasteiger partial charge is 0.444 e. The number of hydrogen-bond donors (Lipinski definition) is 2. The summed E-state index contributed by atoms with van der Waals surface area (Å²) < 4.78 is 28.3. The maximum Gasteiger partial charge on any atom is 0.410 e. The minimum atomic E-state index is -3.72. The molecule has 0 saturated carbocycles. The van der Waals surface area contributed by atoms with Crippen LogP contribution in [0.25, 0.3) is 0 Å². The summed E-state index contributed by atoms with van der Waals surface area (Å²) in [5, 5.41) is 8.51. The van der Waals surface area contributed by atoms with Crippen LogP contribution in [0.3, 0.4) is 0 Å². The Bertz CT molecular complexity index is 713. The summed E-state index contributed by atoms with van der Waals surface area (Å²) in [5.41, 5.74) is 0.206. The van der Waals surface area contributed by atoms with E-state index in [1.54, 1.807) is 11.0 Å². The van der Waals surface area contributed by atoms with E-state index in [9.17, 15) is 13.2 Å². The maximum atomic E-state index is 12.2. The predicted molar refractivity (Wildman–Crippen MR) is 96.9 cm³/mol. The highest BCUT2D eigenvalue weighted by atomic mass is 32.2. The van der Waals surface area contributed by atoms with Gasteiger partial charge in [0.05, 0.1) is 4.90 Å². The predicted octanol–water partition coefficient (Wildman–Crippen LogP) is 2.54. The Kier molecular flexibility index (Phi) is 5.95. The zero-order valence-corrected chi connectivity index (χ0v) is 15.8. The Morgan fingerprint density at radius 1 is 1.28 bits per heavy atom. The number of rotatable bonds is 3. The average Bonchev–Trinajstić information content (AvgIpc) is 2.70. The maximum absolute atomic E-state index is 12.2. The highest BCUT2D eigenvalue weighted by Crippen LogP contribution is 2.20. The lowest BCUT2D eigenvalue weighted by molar-refractivity contribution is 0.0256. The standard InChI is InChI=1S/C17H27N3O4S/c1-17(2,3)24-16(21)20-10-5-7-13(9-11-20)19-14-6-4-8-15(12-14)25(18,22)23/h4,6,8,12-13,19H,5,7,9-11H2,1-3H3,(H2,18,22,23). The zero-order valence-electron chi connectivity index (χ0n) is 15.0. The zero-order chi connectivity index (χ0) is 18.7. The van der Waals surface area contributed by atoms with Gasteiger partial charge in [-0.2, -0.15) is 0 Å². The number of sulfonamides is 1. The van der Waals surface area contributed by atoms with Gasteiger partial charge in [0.1, 0.15) is 5.60 Å². The molecule has 1 saturated heterocycles. The van der Waals surface area contributed by atoms with Crippen LogP contribution in [-0.4, -0.2) is 44.1 Å². The number of carbonyl (C=O) groups excluding carboxylic acids is 1. The molecule has 7 nitrogen and oxygen atoms in total. The summed E-state index contributed by atoms with van der Waals surface area (Å²) in [7, 11) is -3.72. The molecule has 0 bridgehead atoms. The van der Waals surface area contributed by atoms with Crippen molar-refractivity contribution in [3.63, 3.8) is 0 Å². The Hall–Kier alpha value is -1.80. The van der Waals surface area contributed by atoms with E-state index in [1.807, 2.05) is 26.8 Å². The van der Waals surface area contributed by atoms with E-state index < -0.39 is 15.6 Å². The highest BCUT2D eigenvalue weighted by Gasteiger charge is 2.25. The van der Waals surface area contributed by atoms with Crippen LogP contribution in [0.5, 0.6) is 0 Å². The van der Waals surface area contributed by atoms with E-state index in [1.165, 1.54) is 12.1 Å². The molecule has 1 aliphatic rings. The van der Waals surface area contributed by atoms with Crippen LogP contribution in [0, 0.1) is 0 Å². The number of likely N-dealkylation sites (tertiary alicyclic amines) is 1. The molecule has 25 heavy (non-hydrogen) atoms. The van der Waals surface area contributed by atoms with Crippen molar-refractivity contribution in [1.29, 1.82) is 0 Å². The van der Waals surface area contributed by atoms with Gasteiger partial charge in [-0.25, -0.2) is 18.4 Å². The Morgan fingerprint density at radius 2 is 2.00 bits per heavy atom. The second-order valence-corrected chi connectivity index (χ2v) is 8.87. The molecule has 1 heterocycles. The van der Waals surface area contributed by atoms with Crippen LogP contribution in [-0.2, 0) is 14.8 Å². The minimum Gasteiger partial charge on any atom is -0.444 e. The van der Waals surface area contributed by atoms with Crippen molar-refractivity contribution in [3.8, 4) is 0 Å². The molecule has 1 atom stereocenters. The van der Waals surface area contributed by atoms with Crippen molar-refractivity contribution >= 4 is 21.8 Å². The van der Waals surface area contributed by atoms with E-state index in [0.717, 1.165) is 19.3 Å². The van der Waals surface area contributed by atoms with Crippen LogP contribution < -0.4 is 10.5 Å². The molecule has 3 N–H and O–H groups in total. The molecule has 2 rings (SSSR count). The molecule has 140 valence electrons. The first-order chi connectivity index (χ1) is 11.5. The Labute approximate surface area is 149 Å². The van der Waals surface area contributed by atoms with Crippen molar-refractivity contribution < 1.29 is 17.9 Å². The van der Waals surface area contributed by atoms with Gasteiger partial charge >= 0.3 is 6.09 Å². The topological polar surface area (TPSA) is 102 Å². The van der Waals surface area contributed by atoms with Crippen LogP contribution in [0.4, 0.5) is 10.5 Å². The second kappa shape index (κ2) is 7.61. The number of carbonyl (C=O) groups is 1. The monoisotopic (exact) mass is 369 g/mol. The summed E-state index contributed by atoms with van der Waals surface area (Å²) in [5.74, 6) is 0. The number of nitrogens with two attached hydrogens (primary N) is 1. The molecule has 1 unspecified atom stereocenters. The molecule has 8 heteroatoms. The number of nitrogens with zero attached hydrogens (tertiary/aromatic N) is 1. The van der Waals surface area contributed by atoms with Crippen molar-refractivity contribution in [3.05, 3.63) is 24.3 Å². The van der Waals surface area contributed by atoms with Gasteiger partial charge < -0.3 is 15.0 Å². The van der Waals surface area contributed by atoms with Gasteiger partial charge in [0, 0.05) is 24.8 Å². The van der Waals surface area contributed by atoms with Crippen molar-refractivity contribution in [1.82, 2.24) is 4.90 Å². The molecule has 0 radical (unpaired) electrons. The summed E-state index contributed by atoms with van der Waals surface area (Å²) in [6.45, 7) is 6.81. The summed E-state index contributed by atoms with van der Waals surface area (Å²) in [6.07, 6.45) is 2.22. The molecule has 1 amide bonds. The normalized spacial score (nSPS) is 19.2. The number of anilines is 1. The van der Waals surface area contributed by atoms with Crippen LogP contribution in [0.2, 0.25) is 0 Å². The third-order valence-electron chi connectivity index (χ3n) is 3.91. The number of amides is 1. The lowest BCUT2D eigenvalue weighted by Crippen LogP contribution is -2.37. The van der Waals surface area contributed by atoms with Gasteiger partial charge in [-0.3, -0.25) is 0 Å².